The molecule has 0 spiro atoms. The number of hydrogen-bond donors (Lipinski definition) is 1. The maximum absolute atomic E-state index is 13.8. The summed E-state index contributed by atoms with van der Waals surface area (Å²) in [6, 6.07) is 8.94. The summed E-state index contributed by atoms with van der Waals surface area (Å²) in [6.45, 7) is 1.87. The van der Waals surface area contributed by atoms with E-state index in [4.69, 9.17) is 27.7 Å². The smallest absolute Gasteiger partial charge is 0.412 e. The van der Waals surface area contributed by atoms with E-state index in [1.807, 2.05) is 6.92 Å². The van der Waals surface area contributed by atoms with Gasteiger partial charge in [0.1, 0.15) is 6.26 Å². The summed E-state index contributed by atoms with van der Waals surface area (Å²) in [5.41, 5.74) is 1.26. The number of aromatic nitrogens is 3. The lowest BCUT2D eigenvalue weighted by Crippen LogP contribution is -2.46. The van der Waals surface area contributed by atoms with Gasteiger partial charge in [0.2, 0.25) is 0 Å². The molecule has 0 fully saturated rings. The zero-order valence-corrected chi connectivity index (χ0v) is 23.2. The Labute approximate surface area is 234 Å². The standard InChI is InChI=1S/C25H21Cl2N5O6S/c1-12-8-16-19(11-31(12)22(33)13-4-7-17(26)18(27)9-13)28-24(39(3)37)32(23(16)34)14-5-6-15-20(10-14)38-29-21(15)30(2)25(35)36/h4-7,9-10,12H,8,11H2,1-3H3,(H,35,36)/t12-,39?/m1/s1. The number of benzene rings is 2. The van der Waals surface area contributed by atoms with Crippen molar-refractivity contribution in [2.45, 2.75) is 31.1 Å². The molecule has 2 aromatic carbocycles. The zero-order chi connectivity index (χ0) is 28.2. The van der Waals surface area contributed by atoms with Gasteiger partial charge < -0.3 is 19.1 Å². The largest absolute Gasteiger partial charge is 0.609 e. The van der Waals surface area contributed by atoms with E-state index in [-0.39, 0.29) is 46.5 Å². The van der Waals surface area contributed by atoms with Crippen LogP contribution in [0.15, 0.2) is 50.9 Å². The molecular formula is C25H21Cl2N5O6S. The number of nitrogens with zero attached hydrogens (tertiary/aromatic N) is 5. The van der Waals surface area contributed by atoms with Crippen LogP contribution in [0.2, 0.25) is 10.0 Å². The Hall–Kier alpha value is -3.58. The molecule has 1 aliphatic rings. The van der Waals surface area contributed by atoms with Gasteiger partial charge in [-0.05, 0) is 43.7 Å². The molecule has 0 radical (unpaired) electrons. The topological polar surface area (TPSA) is 145 Å². The molecule has 202 valence electrons. The lowest BCUT2D eigenvalue weighted by Gasteiger charge is -2.34. The molecule has 11 nitrogen and oxygen atoms in total. The van der Waals surface area contributed by atoms with Crippen LogP contribution in [0.4, 0.5) is 10.6 Å². The molecule has 1 aliphatic heterocycles. The minimum Gasteiger partial charge on any atom is -0.609 e. The van der Waals surface area contributed by atoms with Gasteiger partial charge in [0, 0.05) is 41.5 Å². The highest BCUT2D eigenvalue weighted by atomic mass is 35.5. The molecular weight excluding hydrogens is 569 g/mol. The van der Waals surface area contributed by atoms with Gasteiger partial charge in [0.25, 0.3) is 11.5 Å². The van der Waals surface area contributed by atoms with Crippen LogP contribution in [-0.4, -0.2) is 60.6 Å². The number of hydrogen-bond acceptors (Lipinski definition) is 7. The molecule has 5 rings (SSSR count). The summed E-state index contributed by atoms with van der Waals surface area (Å²) in [4.78, 5) is 45.5. The molecule has 0 aliphatic carbocycles. The Morgan fingerprint density at radius 1 is 1.21 bits per heavy atom. The fourth-order valence-electron chi connectivity index (χ4n) is 4.51. The number of halogens is 2. The van der Waals surface area contributed by atoms with E-state index in [1.54, 1.807) is 29.2 Å². The molecule has 2 aromatic heterocycles. The summed E-state index contributed by atoms with van der Waals surface area (Å²) < 4.78 is 19.3. The average Bonchev–Trinajstić information content (AvgIpc) is 3.32. The quantitative estimate of drug-likeness (QED) is 0.276. The molecule has 0 saturated heterocycles. The van der Waals surface area contributed by atoms with Gasteiger partial charge in [-0.15, -0.1) is 0 Å². The fourth-order valence-corrected chi connectivity index (χ4v) is 5.49. The van der Waals surface area contributed by atoms with Gasteiger partial charge in [-0.2, -0.15) is 4.98 Å². The van der Waals surface area contributed by atoms with Gasteiger partial charge >= 0.3 is 11.2 Å². The number of rotatable bonds is 4. The van der Waals surface area contributed by atoms with Crippen LogP contribution in [0.25, 0.3) is 16.7 Å². The maximum Gasteiger partial charge on any atom is 0.412 e. The second-order valence-corrected chi connectivity index (χ2v) is 11.1. The third-order valence-corrected chi connectivity index (χ3v) is 8.09. The first-order valence-corrected chi connectivity index (χ1v) is 13.9. The Bertz CT molecular complexity index is 1700. The van der Waals surface area contributed by atoms with Crippen molar-refractivity contribution in [1.82, 2.24) is 19.6 Å². The van der Waals surface area contributed by atoms with Gasteiger partial charge in [-0.1, -0.05) is 28.4 Å². The molecule has 2 atom stereocenters. The summed E-state index contributed by atoms with van der Waals surface area (Å²) >= 11 is 10.4. The van der Waals surface area contributed by atoms with Crippen LogP contribution >= 0.6 is 23.2 Å². The molecule has 3 heterocycles. The highest BCUT2D eigenvalue weighted by Gasteiger charge is 2.34. The van der Waals surface area contributed by atoms with E-state index in [9.17, 15) is 24.0 Å². The highest BCUT2D eigenvalue weighted by Crippen LogP contribution is 2.30. The molecule has 2 amide bonds. The second kappa shape index (κ2) is 10.2. The van der Waals surface area contributed by atoms with Crippen molar-refractivity contribution in [1.29, 1.82) is 0 Å². The van der Waals surface area contributed by atoms with Crippen LogP contribution in [0.5, 0.6) is 0 Å². The Balaban J connectivity index is 1.57. The number of carboxylic acid groups (broad SMARTS) is 1. The Morgan fingerprint density at radius 3 is 2.62 bits per heavy atom. The lowest BCUT2D eigenvalue weighted by atomic mass is 9.98. The van der Waals surface area contributed by atoms with Crippen LogP contribution in [0.3, 0.4) is 0 Å². The molecule has 0 bridgehead atoms. The maximum atomic E-state index is 13.8. The van der Waals surface area contributed by atoms with E-state index in [1.165, 1.54) is 30.0 Å². The first kappa shape index (κ1) is 27.0. The number of fused-ring (bicyclic) bond motifs is 2. The number of carbonyl (C=O) groups excluding carboxylic acids is 1. The summed E-state index contributed by atoms with van der Waals surface area (Å²) in [5, 5.41) is 14.1. The fraction of sp³-hybridized carbons (Fsp3) is 0.240. The third kappa shape index (κ3) is 4.73. The highest BCUT2D eigenvalue weighted by molar-refractivity contribution is 7.90. The van der Waals surface area contributed by atoms with E-state index in [2.05, 4.69) is 10.1 Å². The summed E-state index contributed by atoms with van der Waals surface area (Å²) in [5.74, 6) is -0.199. The molecule has 4 aromatic rings. The van der Waals surface area contributed by atoms with E-state index in [0.717, 1.165) is 4.90 Å². The SMILES string of the molecule is C[C@@H]1Cc2c(nc([S+](C)[O-])n(-c3ccc4c(N(C)C(=O)O)noc4c3)c2=O)CN1C(=O)c1ccc(Cl)c(Cl)c1. The second-order valence-electron chi connectivity index (χ2n) is 9.06. The minimum absolute atomic E-state index is 0.00279. The zero-order valence-electron chi connectivity index (χ0n) is 20.8. The van der Waals surface area contributed by atoms with Gasteiger partial charge in [0.15, 0.2) is 11.4 Å². The molecule has 1 N–H and O–H groups in total. The summed E-state index contributed by atoms with van der Waals surface area (Å²) in [6.07, 6.45) is 0.416. The van der Waals surface area contributed by atoms with E-state index in [0.29, 0.717) is 32.9 Å². The van der Waals surface area contributed by atoms with Crippen molar-refractivity contribution in [2.24, 2.45) is 0 Å². The Kier molecular flexibility index (Phi) is 7.06. The first-order valence-electron chi connectivity index (χ1n) is 11.6. The Morgan fingerprint density at radius 2 is 1.95 bits per heavy atom. The third-order valence-electron chi connectivity index (χ3n) is 6.57. The first-order chi connectivity index (χ1) is 18.5. The van der Waals surface area contributed by atoms with Gasteiger partial charge in [0.05, 0.1) is 33.4 Å². The molecule has 39 heavy (non-hydrogen) atoms. The van der Waals surface area contributed by atoms with Gasteiger partial charge in [-0.3, -0.25) is 14.5 Å². The van der Waals surface area contributed by atoms with Crippen molar-refractivity contribution in [3.63, 3.8) is 0 Å². The van der Waals surface area contributed by atoms with Crippen molar-refractivity contribution in [3.8, 4) is 5.69 Å². The van der Waals surface area contributed by atoms with Crippen LogP contribution < -0.4 is 10.5 Å². The van der Waals surface area contributed by atoms with E-state index < -0.39 is 22.8 Å². The average molecular weight is 590 g/mol. The predicted octanol–water partition coefficient (Wildman–Crippen LogP) is 4.12. The number of amides is 2. The van der Waals surface area contributed by atoms with Crippen molar-refractivity contribution in [3.05, 3.63) is 73.6 Å². The van der Waals surface area contributed by atoms with Crippen LogP contribution in [0, 0.1) is 0 Å². The molecule has 14 heteroatoms. The normalized spacial score (nSPS) is 15.7. The van der Waals surface area contributed by atoms with Crippen LogP contribution in [0.1, 0.15) is 28.5 Å². The monoisotopic (exact) mass is 589 g/mol. The predicted molar refractivity (Wildman–Crippen MR) is 146 cm³/mol. The molecule has 0 saturated carbocycles. The van der Waals surface area contributed by atoms with Crippen molar-refractivity contribution in [2.75, 3.05) is 18.2 Å². The van der Waals surface area contributed by atoms with Crippen LogP contribution in [-0.2, 0) is 24.1 Å². The van der Waals surface area contributed by atoms with Crippen molar-refractivity contribution < 1.29 is 23.8 Å². The van der Waals surface area contributed by atoms with Gasteiger partial charge in [-0.25, -0.2) is 9.36 Å². The summed E-state index contributed by atoms with van der Waals surface area (Å²) in [7, 11) is 1.33. The van der Waals surface area contributed by atoms with Crippen molar-refractivity contribution >= 4 is 63.2 Å². The number of carbonyl (C=O) groups is 2. The number of anilines is 1. The lowest BCUT2D eigenvalue weighted by molar-refractivity contribution is 0.0652. The van der Waals surface area contributed by atoms with E-state index >= 15 is 0 Å². The minimum atomic E-state index is -1.68. The molecule has 1 unspecified atom stereocenters.